The zero-order valence-corrected chi connectivity index (χ0v) is 13.5. The van der Waals surface area contributed by atoms with Gasteiger partial charge in [-0.3, -0.25) is 9.36 Å². The number of nitrogens with zero attached hydrogens (tertiary/aromatic N) is 3. The minimum Gasteiger partial charge on any atom is -0.294 e. The Morgan fingerprint density at radius 2 is 2.17 bits per heavy atom. The Morgan fingerprint density at radius 3 is 3.00 bits per heavy atom. The molecule has 1 aliphatic rings. The van der Waals surface area contributed by atoms with Gasteiger partial charge in [0.1, 0.15) is 12.1 Å². The molecule has 0 fully saturated rings. The SMILES string of the molecule is C[C@H]1CCc2nc3ncn(Cc4ccccc4F)c(=O)c3cc2C1. The van der Waals surface area contributed by atoms with Crippen LogP contribution in [0.1, 0.15) is 30.2 Å². The zero-order chi connectivity index (χ0) is 16.7. The van der Waals surface area contributed by atoms with Crippen molar-refractivity contribution in [2.45, 2.75) is 32.7 Å². The normalized spacial score (nSPS) is 17.0. The topological polar surface area (TPSA) is 47.8 Å². The van der Waals surface area contributed by atoms with Crippen molar-refractivity contribution in [3.8, 4) is 0 Å². The van der Waals surface area contributed by atoms with Crippen molar-refractivity contribution in [3.63, 3.8) is 0 Å². The molecule has 0 saturated heterocycles. The highest BCUT2D eigenvalue weighted by molar-refractivity contribution is 5.74. The van der Waals surface area contributed by atoms with Crippen molar-refractivity contribution < 1.29 is 4.39 Å². The first-order valence-corrected chi connectivity index (χ1v) is 8.23. The molecule has 0 N–H and O–H groups in total. The lowest BCUT2D eigenvalue weighted by atomic mass is 9.87. The largest absolute Gasteiger partial charge is 0.294 e. The molecule has 0 radical (unpaired) electrons. The fourth-order valence-electron chi connectivity index (χ4n) is 3.35. The van der Waals surface area contributed by atoms with E-state index in [1.54, 1.807) is 18.2 Å². The van der Waals surface area contributed by atoms with Crippen molar-refractivity contribution in [2.75, 3.05) is 0 Å². The number of rotatable bonds is 2. The van der Waals surface area contributed by atoms with Crippen LogP contribution in [0.2, 0.25) is 0 Å². The van der Waals surface area contributed by atoms with E-state index in [1.807, 2.05) is 6.07 Å². The summed E-state index contributed by atoms with van der Waals surface area (Å²) in [7, 11) is 0. The predicted octanol–water partition coefficient (Wildman–Crippen LogP) is 3.10. The molecule has 1 aliphatic carbocycles. The van der Waals surface area contributed by atoms with Gasteiger partial charge in [0.25, 0.3) is 5.56 Å². The first-order valence-electron chi connectivity index (χ1n) is 8.23. The lowest BCUT2D eigenvalue weighted by Crippen LogP contribution is -2.23. The lowest BCUT2D eigenvalue weighted by Gasteiger charge is -2.20. The number of aromatic nitrogens is 3. The fourth-order valence-corrected chi connectivity index (χ4v) is 3.35. The average molecular weight is 323 g/mol. The second kappa shape index (κ2) is 5.82. The molecule has 2 heterocycles. The second-order valence-corrected chi connectivity index (χ2v) is 6.58. The van der Waals surface area contributed by atoms with E-state index in [1.165, 1.54) is 17.0 Å². The maximum atomic E-state index is 13.8. The molecule has 0 unspecified atom stereocenters. The summed E-state index contributed by atoms with van der Waals surface area (Å²) in [6.45, 7) is 2.38. The Morgan fingerprint density at radius 1 is 1.33 bits per heavy atom. The smallest absolute Gasteiger partial charge is 0.263 e. The highest BCUT2D eigenvalue weighted by Crippen LogP contribution is 2.25. The Kier molecular flexibility index (Phi) is 3.63. The van der Waals surface area contributed by atoms with Crippen LogP contribution in [0, 0.1) is 11.7 Å². The molecule has 24 heavy (non-hydrogen) atoms. The minimum absolute atomic E-state index is 0.169. The number of halogens is 1. The van der Waals surface area contributed by atoms with Crippen LogP contribution in [-0.4, -0.2) is 14.5 Å². The van der Waals surface area contributed by atoms with Gasteiger partial charge in [-0.2, -0.15) is 0 Å². The number of benzene rings is 1. The Labute approximate surface area is 139 Å². The Bertz CT molecular complexity index is 980. The molecule has 1 aromatic carbocycles. The third-order valence-corrected chi connectivity index (χ3v) is 4.72. The molecule has 2 aromatic heterocycles. The molecule has 0 spiro atoms. The van der Waals surface area contributed by atoms with Crippen LogP contribution in [0.3, 0.4) is 0 Å². The molecule has 0 bridgehead atoms. The van der Waals surface area contributed by atoms with E-state index in [0.29, 0.717) is 22.5 Å². The predicted molar refractivity (Wildman–Crippen MR) is 90.5 cm³/mol. The maximum absolute atomic E-state index is 13.8. The van der Waals surface area contributed by atoms with E-state index >= 15 is 0 Å². The van der Waals surface area contributed by atoms with Gasteiger partial charge >= 0.3 is 0 Å². The first kappa shape index (κ1) is 15.0. The van der Waals surface area contributed by atoms with Gasteiger partial charge in [0.2, 0.25) is 0 Å². The highest BCUT2D eigenvalue weighted by Gasteiger charge is 2.18. The van der Waals surface area contributed by atoms with Crippen molar-refractivity contribution in [2.24, 2.45) is 5.92 Å². The van der Waals surface area contributed by atoms with Crippen LogP contribution in [0.15, 0.2) is 41.5 Å². The number of aryl methyl sites for hydroxylation is 1. The summed E-state index contributed by atoms with van der Waals surface area (Å²) in [4.78, 5) is 21.7. The van der Waals surface area contributed by atoms with E-state index in [2.05, 4.69) is 16.9 Å². The van der Waals surface area contributed by atoms with Crippen molar-refractivity contribution >= 4 is 11.0 Å². The summed E-state index contributed by atoms with van der Waals surface area (Å²) in [5, 5.41) is 0.515. The third-order valence-electron chi connectivity index (χ3n) is 4.72. The van der Waals surface area contributed by atoms with Gasteiger partial charge in [-0.15, -0.1) is 0 Å². The van der Waals surface area contributed by atoms with Gasteiger partial charge in [-0.1, -0.05) is 25.1 Å². The van der Waals surface area contributed by atoms with E-state index in [0.717, 1.165) is 30.5 Å². The molecule has 122 valence electrons. The molecule has 4 nitrogen and oxygen atoms in total. The van der Waals surface area contributed by atoms with Gasteiger partial charge in [-0.25, -0.2) is 14.4 Å². The molecule has 4 rings (SSSR count). The average Bonchev–Trinajstić information content (AvgIpc) is 2.58. The third kappa shape index (κ3) is 2.60. The molecule has 0 saturated carbocycles. The standard InChI is InChI=1S/C19H18FN3O/c1-12-6-7-17-14(8-12)9-15-18(22-17)21-11-23(19(15)24)10-13-4-2-3-5-16(13)20/h2-5,9,11-12H,6-8,10H2,1H3/t12-/m0/s1. The van der Waals surface area contributed by atoms with Crippen LogP contribution in [0.5, 0.6) is 0 Å². The Balaban J connectivity index is 1.80. The highest BCUT2D eigenvalue weighted by atomic mass is 19.1. The van der Waals surface area contributed by atoms with E-state index in [4.69, 9.17) is 0 Å². The Hall–Kier alpha value is -2.56. The van der Waals surface area contributed by atoms with Gasteiger partial charge in [0, 0.05) is 11.3 Å². The summed E-state index contributed by atoms with van der Waals surface area (Å²) in [5.74, 6) is 0.288. The number of fused-ring (bicyclic) bond motifs is 2. The van der Waals surface area contributed by atoms with Crippen molar-refractivity contribution in [1.29, 1.82) is 0 Å². The molecular weight excluding hydrogens is 305 g/mol. The van der Waals surface area contributed by atoms with E-state index in [-0.39, 0.29) is 17.9 Å². The number of pyridine rings is 1. The van der Waals surface area contributed by atoms with E-state index in [9.17, 15) is 9.18 Å². The molecule has 1 atom stereocenters. The molecule has 0 aliphatic heterocycles. The summed E-state index contributed by atoms with van der Waals surface area (Å²) >= 11 is 0. The quantitative estimate of drug-likeness (QED) is 0.728. The molecule has 0 amide bonds. The van der Waals surface area contributed by atoms with Crippen LogP contribution in [0.25, 0.3) is 11.0 Å². The lowest BCUT2D eigenvalue weighted by molar-refractivity contribution is 0.495. The molecular formula is C19H18FN3O. The second-order valence-electron chi connectivity index (χ2n) is 6.58. The minimum atomic E-state index is -0.318. The summed E-state index contributed by atoms with van der Waals surface area (Å²) in [6, 6.07) is 8.41. The summed E-state index contributed by atoms with van der Waals surface area (Å²) in [6.07, 6.45) is 4.46. The summed E-state index contributed by atoms with van der Waals surface area (Å²) in [5.41, 5.74) is 2.98. The number of hydrogen-bond acceptors (Lipinski definition) is 3. The van der Waals surface area contributed by atoms with Crippen LogP contribution in [0.4, 0.5) is 4.39 Å². The van der Waals surface area contributed by atoms with Crippen molar-refractivity contribution in [3.05, 3.63) is 69.7 Å². The van der Waals surface area contributed by atoms with E-state index < -0.39 is 0 Å². The maximum Gasteiger partial charge on any atom is 0.263 e. The zero-order valence-electron chi connectivity index (χ0n) is 13.5. The first-order chi connectivity index (χ1) is 11.6. The summed E-state index contributed by atoms with van der Waals surface area (Å²) < 4.78 is 15.3. The van der Waals surface area contributed by atoms with Crippen LogP contribution >= 0.6 is 0 Å². The van der Waals surface area contributed by atoms with Crippen molar-refractivity contribution in [1.82, 2.24) is 14.5 Å². The molecule has 5 heteroatoms. The fraction of sp³-hybridized carbons (Fsp3) is 0.316. The van der Waals surface area contributed by atoms with Crippen LogP contribution in [-0.2, 0) is 19.4 Å². The number of hydrogen-bond donors (Lipinski definition) is 0. The van der Waals surface area contributed by atoms with Crippen LogP contribution < -0.4 is 5.56 Å². The van der Waals surface area contributed by atoms with Gasteiger partial charge in [0.05, 0.1) is 11.9 Å². The van der Waals surface area contributed by atoms with Gasteiger partial charge in [-0.05, 0) is 42.9 Å². The van der Waals surface area contributed by atoms with Gasteiger partial charge < -0.3 is 0 Å². The monoisotopic (exact) mass is 323 g/mol. The molecule has 3 aromatic rings. The van der Waals surface area contributed by atoms with Gasteiger partial charge in [0.15, 0.2) is 5.65 Å².